The Morgan fingerprint density at radius 3 is 2.17 bits per heavy atom. The third-order valence-electron chi connectivity index (χ3n) is 10.3. The first-order valence-electron chi connectivity index (χ1n) is 18.1. The van der Waals surface area contributed by atoms with Crippen LogP contribution in [-0.2, 0) is 31.1 Å². The summed E-state index contributed by atoms with van der Waals surface area (Å²) in [5.74, 6) is -1.84. The number of halogens is 3. The summed E-state index contributed by atoms with van der Waals surface area (Å²) in [7, 11) is 1.64. The van der Waals surface area contributed by atoms with Gasteiger partial charge in [0.1, 0.15) is 18.0 Å². The van der Waals surface area contributed by atoms with Gasteiger partial charge in [0.05, 0.1) is 6.04 Å². The van der Waals surface area contributed by atoms with Crippen molar-refractivity contribution in [2.45, 2.75) is 88.0 Å². The zero-order valence-corrected chi connectivity index (χ0v) is 29.6. The number of benzene rings is 3. The van der Waals surface area contributed by atoms with Crippen molar-refractivity contribution in [2.75, 3.05) is 26.7 Å². The Balaban J connectivity index is 1.22. The minimum absolute atomic E-state index is 0.0651. The van der Waals surface area contributed by atoms with Gasteiger partial charge in [-0.3, -0.25) is 24.1 Å². The number of alkyl halides is 3. The van der Waals surface area contributed by atoms with E-state index in [1.54, 1.807) is 19.2 Å². The van der Waals surface area contributed by atoms with Gasteiger partial charge in [-0.2, -0.15) is 13.2 Å². The van der Waals surface area contributed by atoms with Gasteiger partial charge in [0.15, 0.2) is 0 Å². The highest BCUT2D eigenvalue weighted by Gasteiger charge is 2.49. The molecule has 0 bridgehead atoms. The van der Waals surface area contributed by atoms with Crippen molar-refractivity contribution < 1.29 is 32.3 Å². The van der Waals surface area contributed by atoms with Gasteiger partial charge in [-0.1, -0.05) is 98.1 Å². The molecule has 1 aliphatic carbocycles. The Bertz CT molecular complexity index is 1670. The van der Waals surface area contributed by atoms with Crippen LogP contribution in [-0.4, -0.2) is 78.4 Å². The van der Waals surface area contributed by atoms with Gasteiger partial charge in [0.25, 0.3) is 0 Å². The summed E-state index contributed by atoms with van der Waals surface area (Å²) in [6, 6.07) is 23.2. The van der Waals surface area contributed by atoms with Crippen LogP contribution in [0.15, 0.2) is 78.9 Å². The van der Waals surface area contributed by atoms with Crippen LogP contribution >= 0.6 is 0 Å². The van der Waals surface area contributed by atoms with Crippen molar-refractivity contribution in [2.24, 2.45) is 5.73 Å². The zero-order chi connectivity index (χ0) is 37.3. The Labute approximate surface area is 303 Å². The Kier molecular flexibility index (Phi) is 12.7. The number of amides is 4. The van der Waals surface area contributed by atoms with Crippen molar-refractivity contribution in [3.63, 3.8) is 0 Å². The van der Waals surface area contributed by atoms with E-state index in [2.05, 4.69) is 15.5 Å². The number of piperidine rings is 1. The van der Waals surface area contributed by atoms with E-state index in [0.717, 1.165) is 36.1 Å². The van der Waals surface area contributed by atoms with Crippen LogP contribution in [0.4, 0.5) is 13.2 Å². The molecule has 1 saturated heterocycles. The second-order valence-corrected chi connectivity index (χ2v) is 13.9. The first-order chi connectivity index (χ1) is 24.9. The molecule has 0 radical (unpaired) electrons. The highest BCUT2D eigenvalue weighted by atomic mass is 19.4. The summed E-state index contributed by atoms with van der Waals surface area (Å²) in [4.78, 5) is 56.4. The highest BCUT2D eigenvalue weighted by Crippen LogP contribution is 2.51. The Hall–Kier alpha value is -4.71. The summed E-state index contributed by atoms with van der Waals surface area (Å²) < 4.78 is 39.7. The summed E-state index contributed by atoms with van der Waals surface area (Å²) in [6.45, 7) is 0.284. The van der Waals surface area contributed by atoms with Crippen LogP contribution in [0.5, 0.6) is 0 Å². The fraction of sp³-hybridized carbons (Fsp3) is 0.450. The van der Waals surface area contributed by atoms with Crippen molar-refractivity contribution in [3.05, 3.63) is 95.6 Å². The van der Waals surface area contributed by atoms with Gasteiger partial charge >= 0.3 is 6.18 Å². The number of carbonyl (C=O) groups excluding carboxylic acids is 4. The average molecular weight is 720 g/mol. The maximum Gasteiger partial charge on any atom is 0.405 e. The van der Waals surface area contributed by atoms with E-state index in [0.29, 0.717) is 49.9 Å². The smallest absolute Gasteiger partial charge is 0.370 e. The minimum Gasteiger partial charge on any atom is -0.370 e. The molecule has 52 heavy (non-hydrogen) atoms. The van der Waals surface area contributed by atoms with E-state index in [4.69, 9.17) is 5.73 Å². The number of unbranched alkanes of at least 4 members (excludes halogenated alkanes) is 2. The number of rotatable bonds is 16. The molecule has 0 saturated carbocycles. The SMILES string of the molecule is CN(CCCCCC1(C(=O)NCC(F)(F)F)c2ccccc2-c2ccccc21)C(=O)[C@H](CCC(N)=O)NC(=O)C1CCCCN1Cc1ccccc1. The second-order valence-electron chi connectivity index (χ2n) is 13.9. The summed E-state index contributed by atoms with van der Waals surface area (Å²) in [6.07, 6.45) is -0.0950. The van der Waals surface area contributed by atoms with Crippen molar-refractivity contribution >= 4 is 23.6 Å². The van der Waals surface area contributed by atoms with E-state index in [1.807, 2.05) is 66.7 Å². The minimum atomic E-state index is -4.56. The van der Waals surface area contributed by atoms with E-state index < -0.39 is 42.0 Å². The van der Waals surface area contributed by atoms with Crippen LogP contribution < -0.4 is 16.4 Å². The molecule has 9 nitrogen and oxygen atoms in total. The predicted molar refractivity (Wildman–Crippen MR) is 193 cm³/mol. The molecule has 1 unspecified atom stereocenters. The quantitative estimate of drug-likeness (QED) is 0.170. The van der Waals surface area contributed by atoms with Gasteiger partial charge in [-0.25, -0.2) is 0 Å². The van der Waals surface area contributed by atoms with Gasteiger partial charge in [-0.05, 0) is 66.5 Å². The number of primary amides is 1. The number of fused-ring (bicyclic) bond motifs is 3. The number of hydrogen-bond acceptors (Lipinski definition) is 5. The van der Waals surface area contributed by atoms with Gasteiger partial charge < -0.3 is 21.3 Å². The topological polar surface area (TPSA) is 125 Å². The Morgan fingerprint density at radius 2 is 1.54 bits per heavy atom. The van der Waals surface area contributed by atoms with Crippen LogP contribution in [0.2, 0.25) is 0 Å². The molecule has 2 aliphatic rings. The molecule has 3 aromatic rings. The van der Waals surface area contributed by atoms with Gasteiger partial charge in [-0.15, -0.1) is 0 Å². The maximum atomic E-state index is 13.8. The normalized spacial score (nSPS) is 17.0. The molecule has 0 spiro atoms. The molecule has 5 rings (SSSR count). The van der Waals surface area contributed by atoms with Crippen LogP contribution in [0, 0.1) is 0 Å². The number of likely N-dealkylation sites (tertiary alicyclic amines) is 1. The fourth-order valence-corrected chi connectivity index (χ4v) is 7.68. The third-order valence-corrected chi connectivity index (χ3v) is 10.3. The average Bonchev–Trinajstić information content (AvgIpc) is 3.42. The van der Waals surface area contributed by atoms with E-state index in [-0.39, 0.29) is 31.1 Å². The number of nitrogens with two attached hydrogens (primary N) is 1. The lowest BCUT2D eigenvalue weighted by molar-refractivity contribution is -0.141. The van der Waals surface area contributed by atoms with Crippen LogP contribution in [0.25, 0.3) is 11.1 Å². The molecule has 2 atom stereocenters. The molecule has 1 heterocycles. The molecule has 4 amide bonds. The van der Waals surface area contributed by atoms with Crippen molar-refractivity contribution in [1.29, 1.82) is 0 Å². The summed E-state index contributed by atoms with van der Waals surface area (Å²) in [5.41, 5.74) is 8.23. The van der Waals surface area contributed by atoms with E-state index in [9.17, 15) is 32.3 Å². The molecule has 4 N–H and O–H groups in total. The number of carbonyl (C=O) groups is 4. The zero-order valence-electron chi connectivity index (χ0n) is 29.6. The van der Waals surface area contributed by atoms with Gasteiger partial charge in [0.2, 0.25) is 23.6 Å². The largest absolute Gasteiger partial charge is 0.405 e. The lowest BCUT2D eigenvalue weighted by Crippen LogP contribution is -2.55. The third kappa shape index (κ3) is 9.20. The number of nitrogens with zero attached hydrogens (tertiary/aromatic N) is 2. The van der Waals surface area contributed by atoms with E-state index >= 15 is 0 Å². The maximum absolute atomic E-state index is 13.8. The van der Waals surface area contributed by atoms with Crippen molar-refractivity contribution in [1.82, 2.24) is 20.4 Å². The summed E-state index contributed by atoms with van der Waals surface area (Å²) >= 11 is 0. The van der Waals surface area contributed by atoms with E-state index in [1.165, 1.54) is 4.90 Å². The fourth-order valence-electron chi connectivity index (χ4n) is 7.68. The molecule has 3 aromatic carbocycles. The highest BCUT2D eigenvalue weighted by molar-refractivity contribution is 6.00. The lowest BCUT2D eigenvalue weighted by Gasteiger charge is -2.36. The van der Waals surface area contributed by atoms with Crippen LogP contribution in [0.1, 0.15) is 74.5 Å². The lowest BCUT2D eigenvalue weighted by atomic mass is 9.73. The number of hydrogen-bond donors (Lipinski definition) is 3. The molecule has 1 fully saturated rings. The van der Waals surface area contributed by atoms with Crippen molar-refractivity contribution in [3.8, 4) is 11.1 Å². The molecule has 0 aromatic heterocycles. The molecular formula is C40H48F3N5O4. The second kappa shape index (κ2) is 17.2. The first kappa shape index (κ1) is 38.5. The predicted octanol–water partition coefficient (Wildman–Crippen LogP) is 5.46. The monoisotopic (exact) mass is 719 g/mol. The molecule has 278 valence electrons. The first-order valence-corrected chi connectivity index (χ1v) is 18.1. The van der Waals surface area contributed by atoms with Gasteiger partial charge in [0, 0.05) is 26.6 Å². The molecule has 1 aliphatic heterocycles. The standard InChI is InChI=1S/C40H48F3N5O4/c1-47(37(51)33(21-22-35(44)49)46-36(50)34-20-10-13-25-48(34)26-28-14-4-2-5-15-28)24-12-3-11-23-39(38(52)45-27-40(41,42)43)31-18-8-6-16-29(31)30-17-7-9-19-32(30)39/h2,4-9,14-19,33-34H,3,10-13,20-27H2,1H3,(H2,44,49)(H,45,52)(H,46,50)/t33-,34?/m0/s1. The molecule has 12 heteroatoms. The van der Waals surface area contributed by atoms with Crippen LogP contribution in [0.3, 0.4) is 0 Å². The number of likely N-dealkylation sites (N-methyl/N-ethyl adjacent to an activating group) is 1. The number of nitrogens with one attached hydrogen (secondary N) is 2. The Morgan fingerprint density at radius 1 is 0.904 bits per heavy atom. The molecular weight excluding hydrogens is 671 g/mol. The summed E-state index contributed by atoms with van der Waals surface area (Å²) in [5, 5.41) is 5.09.